The molecule has 0 atom stereocenters. The van der Waals surface area contributed by atoms with Gasteiger partial charge >= 0.3 is 0 Å². The minimum absolute atomic E-state index is 0.0291. The number of nitrogens with one attached hydrogen (secondary N) is 1. The Bertz CT molecular complexity index is 635. The van der Waals surface area contributed by atoms with Crippen LogP contribution in [0, 0.1) is 0 Å². The summed E-state index contributed by atoms with van der Waals surface area (Å²) in [5.41, 5.74) is 3.01. The zero-order valence-corrected chi connectivity index (χ0v) is 11.2. The number of Topliss-reactive ketones (excluding diaryl/α,β-unsaturated/α-hetero) is 1. The highest BCUT2D eigenvalue weighted by molar-refractivity contribution is 6.14. The lowest BCUT2D eigenvalue weighted by atomic mass is 9.96. The Kier molecular flexibility index (Phi) is 3.88. The third kappa shape index (κ3) is 3.24. The molecule has 1 aliphatic rings. The molecule has 1 saturated heterocycles. The highest BCUT2D eigenvalue weighted by Gasteiger charge is 2.20. The van der Waals surface area contributed by atoms with E-state index in [1.807, 2.05) is 12.2 Å². The molecule has 1 aliphatic heterocycles. The van der Waals surface area contributed by atoms with E-state index in [1.165, 1.54) is 12.7 Å². The first-order chi connectivity index (χ1) is 10.3. The van der Waals surface area contributed by atoms with Crippen molar-refractivity contribution in [2.24, 2.45) is 0 Å². The maximum atomic E-state index is 12.5. The van der Waals surface area contributed by atoms with Crippen molar-refractivity contribution in [1.82, 2.24) is 25.3 Å². The number of carbonyl (C=O) groups is 1. The van der Waals surface area contributed by atoms with E-state index in [1.54, 1.807) is 24.8 Å². The molecule has 1 N–H and O–H groups in total. The Morgan fingerprint density at radius 3 is 1.67 bits per heavy atom. The normalized spacial score (nSPS) is 19.1. The second kappa shape index (κ2) is 6.15. The van der Waals surface area contributed by atoms with Gasteiger partial charge in [-0.25, -0.2) is 19.9 Å². The van der Waals surface area contributed by atoms with E-state index in [9.17, 15) is 4.79 Å². The van der Waals surface area contributed by atoms with Gasteiger partial charge in [0.05, 0.1) is 0 Å². The topological polar surface area (TPSA) is 80.7 Å². The molecular weight excluding hydrogens is 266 g/mol. The van der Waals surface area contributed by atoms with Crippen LogP contribution in [0.3, 0.4) is 0 Å². The summed E-state index contributed by atoms with van der Waals surface area (Å²) in [6.45, 7) is 1.08. The van der Waals surface area contributed by atoms with Crippen molar-refractivity contribution in [2.75, 3.05) is 13.1 Å². The molecule has 3 rings (SSSR count). The second-order valence-electron chi connectivity index (χ2n) is 4.62. The summed E-state index contributed by atoms with van der Waals surface area (Å²) in [6, 6.07) is 0. The molecular formula is C15H13N5O. The summed E-state index contributed by atoms with van der Waals surface area (Å²) in [5.74, 6) is 0.0291. The average Bonchev–Trinajstić information content (AvgIpc) is 2.53. The van der Waals surface area contributed by atoms with Gasteiger partial charge in [0.25, 0.3) is 0 Å². The summed E-state index contributed by atoms with van der Waals surface area (Å²) < 4.78 is 0. The Hall–Kier alpha value is -2.73. The fourth-order valence-electron chi connectivity index (χ4n) is 2.10. The molecule has 104 valence electrons. The lowest BCUT2D eigenvalue weighted by molar-refractivity contribution is -0.112. The lowest BCUT2D eigenvalue weighted by Crippen LogP contribution is -2.32. The van der Waals surface area contributed by atoms with Crippen molar-refractivity contribution < 1.29 is 4.79 Å². The van der Waals surface area contributed by atoms with E-state index in [-0.39, 0.29) is 5.78 Å². The Morgan fingerprint density at radius 2 is 1.24 bits per heavy atom. The van der Waals surface area contributed by atoms with Gasteiger partial charge in [0.1, 0.15) is 12.7 Å². The van der Waals surface area contributed by atoms with Crippen LogP contribution in [-0.2, 0) is 4.79 Å². The molecule has 0 bridgehead atoms. The SMILES string of the molecule is O=C1/C(=C/c2cncnc2)CNC/C1=C\c1cncnc1. The van der Waals surface area contributed by atoms with Gasteiger partial charge < -0.3 is 5.32 Å². The van der Waals surface area contributed by atoms with Crippen LogP contribution < -0.4 is 5.32 Å². The number of piperidine rings is 1. The van der Waals surface area contributed by atoms with Crippen molar-refractivity contribution in [3.8, 4) is 0 Å². The molecule has 0 aliphatic carbocycles. The fraction of sp³-hybridized carbons (Fsp3) is 0.133. The van der Waals surface area contributed by atoms with E-state index < -0.39 is 0 Å². The van der Waals surface area contributed by atoms with Crippen molar-refractivity contribution in [3.05, 3.63) is 59.7 Å². The zero-order chi connectivity index (χ0) is 14.5. The first-order valence-corrected chi connectivity index (χ1v) is 6.49. The summed E-state index contributed by atoms with van der Waals surface area (Å²) in [5, 5.41) is 3.22. The zero-order valence-electron chi connectivity index (χ0n) is 11.2. The number of ketones is 1. The molecule has 6 heteroatoms. The monoisotopic (exact) mass is 279 g/mol. The van der Waals surface area contributed by atoms with Crippen LogP contribution in [-0.4, -0.2) is 38.8 Å². The van der Waals surface area contributed by atoms with Gasteiger partial charge in [-0.2, -0.15) is 0 Å². The first kappa shape index (κ1) is 13.3. The van der Waals surface area contributed by atoms with Crippen LogP contribution in [0.25, 0.3) is 12.2 Å². The molecule has 6 nitrogen and oxygen atoms in total. The van der Waals surface area contributed by atoms with Crippen molar-refractivity contribution in [1.29, 1.82) is 0 Å². The second-order valence-corrected chi connectivity index (χ2v) is 4.62. The molecule has 2 aromatic heterocycles. The quantitative estimate of drug-likeness (QED) is 0.823. The number of rotatable bonds is 2. The van der Waals surface area contributed by atoms with Gasteiger partial charge in [0.2, 0.25) is 0 Å². The highest BCUT2D eigenvalue weighted by Crippen LogP contribution is 2.16. The Balaban J connectivity index is 1.88. The van der Waals surface area contributed by atoms with Gasteiger partial charge in [-0.15, -0.1) is 0 Å². The molecule has 2 aromatic rings. The number of nitrogens with zero attached hydrogens (tertiary/aromatic N) is 4. The number of carbonyl (C=O) groups excluding carboxylic acids is 1. The number of hydrogen-bond acceptors (Lipinski definition) is 6. The fourth-order valence-corrected chi connectivity index (χ4v) is 2.10. The maximum Gasteiger partial charge on any atom is 0.187 e. The van der Waals surface area contributed by atoms with E-state index in [4.69, 9.17) is 0 Å². The van der Waals surface area contributed by atoms with Crippen LogP contribution in [0.1, 0.15) is 11.1 Å². The molecule has 0 radical (unpaired) electrons. The largest absolute Gasteiger partial charge is 0.308 e. The van der Waals surface area contributed by atoms with Gasteiger partial charge in [0.15, 0.2) is 5.78 Å². The van der Waals surface area contributed by atoms with Crippen LogP contribution in [0.5, 0.6) is 0 Å². The molecule has 21 heavy (non-hydrogen) atoms. The average molecular weight is 279 g/mol. The third-order valence-corrected chi connectivity index (χ3v) is 3.06. The third-order valence-electron chi connectivity index (χ3n) is 3.06. The maximum absolute atomic E-state index is 12.5. The van der Waals surface area contributed by atoms with E-state index in [0.717, 1.165) is 11.1 Å². The van der Waals surface area contributed by atoms with E-state index >= 15 is 0 Å². The van der Waals surface area contributed by atoms with Gasteiger partial charge in [0, 0.05) is 60.1 Å². The molecule has 0 aromatic carbocycles. The Labute approximate surface area is 121 Å². The van der Waals surface area contributed by atoms with Gasteiger partial charge in [-0.1, -0.05) is 0 Å². The summed E-state index contributed by atoms with van der Waals surface area (Å²) in [7, 11) is 0. The lowest BCUT2D eigenvalue weighted by Gasteiger charge is -2.17. The van der Waals surface area contributed by atoms with Crippen LogP contribution in [0.15, 0.2) is 48.6 Å². The van der Waals surface area contributed by atoms with Crippen molar-refractivity contribution in [2.45, 2.75) is 0 Å². The van der Waals surface area contributed by atoms with Gasteiger partial charge in [-0.05, 0) is 12.2 Å². The predicted octanol–water partition coefficient (Wildman–Crippen LogP) is 0.906. The molecule has 0 saturated carbocycles. The van der Waals surface area contributed by atoms with E-state index in [0.29, 0.717) is 24.2 Å². The number of hydrogen-bond donors (Lipinski definition) is 1. The van der Waals surface area contributed by atoms with Crippen LogP contribution in [0.4, 0.5) is 0 Å². The first-order valence-electron chi connectivity index (χ1n) is 6.49. The molecule has 0 unspecified atom stereocenters. The molecule has 1 fully saturated rings. The van der Waals surface area contributed by atoms with Crippen molar-refractivity contribution >= 4 is 17.9 Å². The summed E-state index contributed by atoms with van der Waals surface area (Å²) in [6.07, 6.45) is 13.3. The molecule has 0 spiro atoms. The summed E-state index contributed by atoms with van der Waals surface area (Å²) in [4.78, 5) is 28.2. The summed E-state index contributed by atoms with van der Waals surface area (Å²) >= 11 is 0. The number of aromatic nitrogens is 4. The highest BCUT2D eigenvalue weighted by atomic mass is 16.1. The minimum Gasteiger partial charge on any atom is -0.308 e. The minimum atomic E-state index is 0.0291. The van der Waals surface area contributed by atoms with Crippen LogP contribution in [0.2, 0.25) is 0 Å². The van der Waals surface area contributed by atoms with Gasteiger partial charge in [-0.3, -0.25) is 4.79 Å². The predicted molar refractivity (Wildman–Crippen MR) is 77.9 cm³/mol. The molecule has 0 amide bonds. The van der Waals surface area contributed by atoms with Crippen molar-refractivity contribution in [3.63, 3.8) is 0 Å². The van der Waals surface area contributed by atoms with E-state index in [2.05, 4.69) is 25.3 Å². The smallest absolute Gasteiger partial charge is 0.187 e. The van der Waals surface area contributed by atoms with Crippen LogP contribution >= 0.6 is 0 Å². The Morgan fingerprint density at radius 1 is 0.810 bits per heavy atom. The standard InChI is InChI=1S/C15H13N5O/c21-15-13(1-11-3-17-9-18-4-11)7-16-8-14(15)2-12-5-19-10-20-6-12/h1-6,9-10,16H,7-8H2/b13-1+,14-2+. The molecule has 3 heterocycles.